The Morgan fingerprint density at radius 2 is 1.96 bits per heavy atom. The zero-order valence-electron chi connectivity index (χ0n) is 11.9. The van der Waals surface area contributed by atoms with Gasteiger partial charge in [-0.3, -0.25) is 0 Å². The van der Waals surface area contributed by atoms with Crippen LogP contribution in [0, 0.1) is 0 Å². The van der Waals surface area contributed by atoms with Crippen LogP contribution in [0.25, 0.3) is 0 Å². The first-order valence-corrected chi connectivity index (χ1v) is 8.02. The van der Waals surface area contributed by atoms with Crippen LogP contribution in [0.4, 0.5) is 13.2 Å². The molecule has 10 heteroatoms. The molecule has 1 aromatic rings. The van der Waals surface area contributed by atoms with Crippen LogP contribution in [-0.2, 0) is 10.1 Å². The number of hydrogen-bond donors (Lipinski definition) is 1. The van der Waals surface area contributed by atoms with Gasteiger partial charge in [0, 0.05) is 5.56 Å². The molecule has 1 fully saturated rings. The molecular weight excluding hydrogens is 341 g/mol. The molecule has 0 aliphatic heterocycles. The summed E-state index contributed by atoms with van der Waals surface area (Å²) in [4.78, 5) is 11.1. The van der Waals surface area contributed by atoms with Gasteiger partial charge in [-0.15, -0.1) is 0 Å². The van der Waals surface area contributed by atoms with Gasteiger partial charge in [-0.1, -0.05) is 0 Å². The van der Waals surface area contributed by atoms with Gasteiger partial charge >= 0.3 is 21.6 Å². The van der Waals surface area contributed by atoms with Crippen LogP contribution in [0.15, 0.2) is 12.1 Å². The number of benzene rings is 1. The molecule has 0 aromatic heterocycles. The van der Waals surface area contributed by atoms with E-state index in [1.807, 2.05) is 0 Å². The van der Waals surface area contributed by atoms with E-state index in [1.165, 1.54) is 6.92 Å². The van der Waals surface area contributed by atoms with Crippen molar-refractivity contribution in [2.24, 2.45) is 0 Å². The van der Waals surface area contributed by atoms with Crippen molar-refractivity contribution in [3.63, 3.8) is 0 Å². The molecule has 0 radical (unpaired) electrons. The second kappa shape index (κ2) is 5.91. The highest BCUT2D eigenvalue weighted by atomic mass is 32.2. The number of carboxylic acid groups (broad SMARTS) is 1. The highest BCUT2D eigenvalue weighted by Crippen LogP contribution is 2.49. The molecular formula is C13H13F3O6S. The van der Waals surface area contributed by atoms with Gasteiger partial charge in [0.05, 0.1) is 12.2 Å². The molecule has 0 heterocycles. The molecule has 2 rings (SSSR count). The molecule has 0 bridgehead atoms. The number of carboxylic acids is 1. The zero-order valence-corrected chi connectivity index (χ0v) is 12.7. The van der Waals surface area contributed by atoms with Crippen LogP contribution in [-0.4, -0.2) is 31.6 Å². The van der Waals surface area contributed by atoms with Gasteiger partial charge in [0.2, 0.25) is 0 Å². The molecule has 0 unspecified atom stereocenters. The summed E-state index contributed by atoms with van der Waals surface area (Å²) in [5.74, 6) is -2.51. The smallest absolute Gasteiger partial charge is 0.490 e. The van der Waals surface area contributed by atoms with Gasteiger partial charge in [0.15, 0.2) is 11.5 Å². The molecule has 1 aliphatic rings. The summed E-state index contributed by atoms with van der Waals surface area (Å²) in [5, 5.41) is 9.06. The monoisotopic (exact) mass is 354 g/mol. The van der Waals surface area contributed by atoms with Crippen LogP contribution < -0.4 is 8.92 Å². The lowest BCUT2D eigenvalue weighted by Crippen LogP contribution is -2.28. The Morgan fingerprint density at radius 3 is 2.39 bits per heavy atom. The Morgan fingerprint density at radius 1 is 1.35 bits per heavy atom. The van der Waals surface area contributed by atoms with Gasteiger partial charge < -0.3 is 14.0 Å². The molecule has 0 atom stereocenters. The number of ether oxygens (including phenoxy) is 1. The number of carbonyl (C=O) groups is 1. The van der Waals surface area contributed by atoms with Gasteiger partial charge in [0.1, 0.15) is 0 Å². The third-order valence-corrected chi connectivity index (χ3v) is 4.08. The standard InChI is InChI=1S/C13H13F3O6S/c1-2-21-10-6-8(12(17)18)5-9(7-3-4-7)11(10)22-23(19,20)13(14,15)16/h5-7H,2-4H2,1H3,(H,17,18). The lowest BCUT2D eigenvalue weighted by Gasteiger charge is -2.17. The zero-order chi connectivity index (χ0) is 17.4. The summed E-state index contributed by atoms with van der Waals surface area (Å²) in [6.45, 7) is 1.52. The van der Waals surface area contributed by atoms with Crippen molar-refractivity contribution in [2.45, 2.75) is 31.2 Å². The van der Waals surface area contributed by atoms with Gasteiger partial charge in [-0.05, 0) is 37.8 Å². The normalized spacial score (nSPS) is 15.3. The highest BCUT2D eigenvalue weighted by Gasteiger charge is 2.49. The van der Waals surface area contributed by atoms with Crippen molar-refractivity contribution < 1.29 is 40.4 Å². The van der Waals surface area contributed by atoms with Crippen LogP contribution in [0.5, 0.6) is 11.5 Å². The maximum absolute atomic E-state index is 12.5. The lowest BCUT2D eigenvalue weighted by molar-refractivity contribution is -0.0500. The molecule has 1 aromatic carbocycles. The molecule has 1 saturated carbocycles. The summed E-state index contributed by atoms with van der Waals surface area (Å²) in [5.41, 5.74) is -5.73. The lowest BCUT2D eigenvalue weighted by atomic mass is 10.0. The Kier molecular flexibility index (Phi) is 4.47. The van der Waals surface area contributed by atoms with Crippen LogP contribution >= 0.6 is 0 Å². The molecule has 23 heavy (non-hydrogen) atoms. The van der Waals surface area contributed by atoms with E-state index in [4.69, 9.17) is 9.84 Å². The number of alkyl halides is 3. The van der Waals surface area contributed by atoms with Crippen LogP contribution in [0.1, 0.15) is 41.6 Å². The second-order valence-corrected chi connectivity index (χ2v) is 6.43. The Labute approximate surface area is 129 Å². The van der Waals surface area contributed by atoms with E-state index in [0.29, 0.717) is 12.8 Å². The second-order valence-electron chi connectivity index (χ2n) is 4.89. The fourth-order valence-electron chi connectivity index (χ4n) is 1.95. The average Bonchev–Trinajstić information content (AvgIpc) is 3.23. The number of rotatable bonds is 6. The van der Waals surface area contributed by atoms with Crippen LogP contribution in [0.2, 0.25) is 0 Å². The predicted molar refractivity (Wildman–Crippen MR) is 72.1 cm³/mol. The average molecular weight is 354 g/mol. The van der Waals surface area contributed by atoms with Crippen LogP contribution in [0.3, 0.4) is 0 Å². The number of halogens is 3. The first-order valence-electron chi connectivity index (χ1n) is 6.61. The fraction of sp³-hybridized carbons (Fsp3) is 0.462. The van der Waals surface area contributed by atoms with E-state index in [1.54, 1.807) is 0 Å². The van der Waals surface area contributed by atoms with Gasteiger partial charge in [-0.25, -0.2) is 4.79 Å². The summed E-state index contributed by atoms with van der Waals surface area (Å²) in [7, 11) is -5.88. The van der Waals surface area contributed by atoms with Gasteiger partial charge in [-0.2, -0.15) is 21.6 Å². The number of hydrogen-bond acceptors (Lipinski definition) is 5. The molecule has 6 nitrogen and oxygen atoms in total. The topological polar surface area (TPSA) is 89.9 Å². The van der Waals surface area contributed by atoms with Crippen molar-refractivity contribution in [1.82, 2.24) is 0 Å². The van der Waals surface area contributed by atoms with E-state index in [0.717, 1.165) is 12.1 Å². The van der Waals surface area contributed by atoms with Crippen molar-refractivity contribution in [2.75, 3.05) is 6.61 Å². The number of aromatic carboxylic acids is 1. The van der Waals surface area contributed by atoms with E-state index in [-0.39, 0.29) is 29.4 Å². The Bertz CT molecular complexity index is 722. The van der Waals surface area contributed by atoms with E-state index in [9.17, 15) is 26.4 Å². The highest BCUT2D eigenvalue weighted by molar-refractivity contribution is 7.88. The van der Waals surface area contributed by atoms with Gasteiger partial charge in [0.25, 0.3) is 0 Å². The van der Waals surface area contributed by atoms with E-state index >= 15 is 0 Å². The Balaban J connectivity index is 2.58. The predicted octanol–water partition coefficient (Wildman–Crippen LogP) is 2.89. The SMILES string of the molecule is CCOc1cc(C(=O)O)cc(C2CC2)c1OS(=O)(=O)C(F)(F)F. The summed E-state index contributed by atoms with van der Waals surface area (Å²) in [6, 6.07) is 2.06. The van der Waals surface area contributed by atoms with Crippen molar-refractivity contribution >= 4 is 16.1 Å². The van der Waals surface area contributed by atoms with Crippen molar-refractivity contribution in [3.8, 4) is 11.5 Å². The van der Waals surface area contributed by atoms with E-state index in [2.05, 4.69) is 4.18 Å². The largest absolute Gasteiger partial charge is 0.534 e. The quantitative estimate of drug-likeness (QED) is 0.624. The molecule has 0 saturated heterocycles. The van der Waals surface area contributed by atoms with Crippen molar-refractivity contribution in [1.29, 1.82) is 0 Å². The minimum Gasteiger partial charge on any atom is -0.490 e. The Hall–Kier alpha value is -1.97. The minimum atomic E-state index is -5.88. The van der Waals surface area contributed by atoms with E-state index < -0.39 is 27.3 Å². The van der Waals surface area contributed by atoms with Crippen molar-refractivity contribution in [3.05, 3.63) is 23.3 Å². The molecule has 1 N–H and O–H groups in total. The fourth-order valence-corrected chi connectivity index (χ4v) is 2.45. The summed E-state index contributed by atoms with van der Waals surface area (Å²) in [6.07, 6.45) is 1.19. The first-order chi connectivity index (χ1) is 10.6. The molecule has 1 aliphatic carbocycles. The summed E-state index contributed by atoms with van der Waals surface area (Å²) < 4.78 is 69.5. The molecule has 0 spiro atoms. The third kappa shape index (κ3) is 3.69. The maximum Gasteiger partial charge on any atom is 0.534 e. The summed E-state index contributed by atoms with van der Waals surface area (Å²) >= 11 is 0. The minimum absolute atomic E-state index is 0.00436. The first kappa shape index (κ1) is 17.4. The third-order valence-electron chi connectivity index (χ3n) is 3.12. The maximum atomic E-state index is 12.5. The molecule has 128 valence electrons. The molecule has 0 amide bonds.